The number of amides is 1. The Kier molecular flexibility index (Phi) is 4.34. The van der Waals surface area contributed by atoms with Gasteiger partial charge in [0.25, 0.3) is 0 Å². The van der Waals surface area contributed by atoms with E-state index in [-0.39, 0.29) is 23.9 Å². The normalized spacial score (nSPS) is 28.2. The molecule has 7 nitrogen and oxygen atoms in total. The molecule has 2 heterocycles. The average molecular weight is 307 g/mol. The first kappa shape index (κ1) is 14.3. The monoisotopic (exact) mass is 307 g/mol. The lowest BCUT2D eigenvalue weighted by Gasteiger charge is -2.09. The van der Waals surface area contributed by atoms with Crippen molar-refractivity contribution in [1.29, 1.82) is 5.26 Å². The predicted octanol–water partition coefficient (Wildman–Crippen LogP) is 0.939. The van der Waals surface area contributed by atoms with Crippen molar-refractivity contribution in [2.75, 3.05) is 18.7 Å². The fourth-order valence-corrected chi connectivity index (χ4v) is 3.61. The van der Waals surface area contributed by atoms with Crippen molar-refractivity contribution in [3.63, 3.8) is 0 Å². The van der Waals surface area contributed by atoms with Crippen LogP contribution in [-0.4, -0.2) is 30.3 Å². The van der Waals surface area contributed by atoms with E-state index < -0.39 is 0 Å². The molecule has 21 heavy (non-hydrogen) atoms. The number of rotatable bonds is 4. The molecule has 0 spiro atoms. The van der Waals surface area contributed by atoms with Crippen LogP contribution in [0.15, 0.2) is 6.20 Å². The van der Waals surface area contributed by atoms with Crippen molar-refractivity contribution in [2.24, 2.45) is 5.92 Å². The smallest absolute Gasteiger partial charge is 0.229 e. The van der Waals surface area contributed by atoms with Gasteiger partial charge in [0, 0.05) is 23.0 Å². The van der Waals surface area contributed by atoms with E-state index in [1.165, 1.54) is 11.3 Å². The van der Waals surface area contributed by atoms with Crippen LogP contribution in [0.1, 0.15) is 30.2 Å². The molecule has 0 radical (unpaired) electrons. The van der Waals surface area contributed by atoms with Crippen molar-refractivity contribution >= 4 is 22.4 Å². The molecule has 1 saturated heterocycles. The van der Waals surface area contributed by atoms with Crippen LogP contribution in [0.4, 0.5) is 5.13 Å². The molecule has 1 aliphatic carbocycles. The first-order valence-electron chi connectivity index (χ1n) is 6.98. The van der Waals surface area contributed by atoms with E-state index in [2.05, 4.69) is 20.9 Å². The van der Waals surface area contributed by atoms with Crippen LogP contribution in [0.5, 0.6) is 0 Å². The number of ether oxygens (including phenoxy) is 1. The van der Waals surface area contributed by atoms with Crippen molar-refractivity contribution in [3.8, 4) is 6.19 Å². The van der Waals surface area contributed by atoms with Crippen molar-refractivity contribution in [1.82, 2.24) is 15.6 Å². The molecule has 3 atom stereocenters. The fourth-order valence-electron chi connectivity index (χ4n) is 2.73. The van der Waals surface area contributed by atoms with Gasteiger partial charge in [-0.1, -0.05) is 11.3 Å². The van der Waals surface area contributed by atoms with Gasteiger partial charge in [-0.05, 0) is 19.3 Å². The maximum absolute atomic E-state index is 12.2. The molecule has 1 saturated carbocycles. The molecule has 2 aliphatic rings. The number of aromatic nitrogens is 1. The number of carbonyl (C=O) groups excluding carboxylic acids is 1. The number of carbonyl (C=O) groups is 1. The van der Waals surface area contributed by atoms with E-state index in [1.807, 2.05) is 6.19 Å². The second-order valence-electron chi connectivity index (χ2n) is 5.29. The van der Waals surface area contributed by atoms with Crippen molar-refractivity contribution in [3.05, 3.63) is 11.1 Å². The average Bonchev–Trinajstić information content (AvgIpc) is 3.20. The summed E-state index contributed by atoms with van der Waals surface area (Å²) in [5.74, 6) is -0.0510. The van der Waals surface area contributed by atoms with Crippen LogP contribution in [0, 0.1) is 17.4 Å². The lowest BCUT2D eigenvalue weighted by Crippen LogP contribution is -2.25. The van der Waals surface area contributed by atoms with Crippen LogP contribution in [0.3, 0.4) is 0 Å². The standard InChI is InChI=1S/C13H17N5O2S/c14-6-16-9-2-1-8(3-9)12(19)18-13-15-4-11(21-13)10-5-20-7-17-10/h4,8-10,16-17H,1-3,5,7H2,(H,15,18,19). The lowest BCUT2D eigenvalue weighted by molar-refractivity contribution is -0.119. The number of nitriles is 1. The maximum atomic E-state index is 12.2. The predicted molar refractivity (Wildman–Crippen MR) is 77.3 cm³/mol. The van der Waals surface area contributed by atoms with E-state index in [0.29, 0.717) is 24.9 Å². The number of anilines is 1. The van der Waals surface area contributed by atoms with Crippen LogP contribution in [0.25, 0.3) is 0 Å². The van der Waals surface area contributed by atoms with Gasteiger partial charge in [0.2, 0.25) is 5.91 Å². The third-order valence-corrected chi connectivity index (χ3v) is 4.91. The molecule has 1 aromatic heterocycles. The topological polar surface area (TPSA) is 99.1 Å². The summed E-state index contributed by atoms with van der Waals surface area (Å²) in [6.45, 7) is 1.19. The van der Waals surface area contributed by atoms with E-state index in [9.17, 15) is 4.79 Å². The van der Waals surface area contributed by atoms with Gasteiger partial charge in [-0.25, -0.2) is 4.98 Å². The Balaban J connectivity index is 1.54. The lowest BCUT2D eigenvalue weighted by atomic mass is 10.1. The SMILES string of the molecule is N#CNC1CCC(C(=O)Nc2ncc(C3COCN3)s2)C1. The van der Waals surface area contributed by atoms with Gasteiger partial charge in [0.05, 0.1) is 19.4 Å². The Morgan fingerprint density at radius 3 is 3.24 bits per heavy atom. The van der Waals surface area contributed by atoms with Crippen molar-refractivity contribution < 1.29 is 9.53 Å². The molecular formula is C13H17N5O2S. The van der Waals surface area contributed by atoms with Gasteiger partial charge in [-0.3, -0.25) is 10.1 Å². The van der Waals surface area contributed by atoms with E-state index in [4.69, 9.17) is 10.00 Å². The Labute approximate surface area is 126 Å². The van der Waals surface area contributed by atoms with Gasteiger partial charge in [-0.2, -0.15) is 5.26 Å². The highest BCUT2D eigenvalue weighted by atomic mass is 32.1. The second-order valence-corrected chi connectivity index (χ2v) is 6.35. The minimum Gasteiger partial charge on any atom is -0.364 e. The van der Waals surface area contributed by atoms with Crippen LogP contribution < -0.4 is 16.0 Å². The second kappa shape index (κ2) is 6.39. The van der Waals surface area contributed by atoms with Crippen molar-refractivity contribution in [2.45, 2.75) is 31.3 Å². The summed E-state index contributed by atoms with van der Waals surface area (Å²) in [5.41, 5.74) is 0. The molecule has 0 aromatic carbocycles. The summed E-state index contributed by atoms with van der Waals surface area (Å²) in [7, 11) is 0. The van der Waals surface area contributed by atoms with E-state index >= 15 is 0 Å². The summed E-state index contributed by atoms with van der Waals surface area (Å²) in [5, 5.41) is 18.0. The van der Waals surface area contributed by atoms with E-state index in [0.717, 1.165) is 17.7 Å². The summed E-state index contributed by atoms with van der Waals surface area (Å²) in [4.78, 5) is 17.5. The molecule has 3 rings (SSSR count). The third-order valence-electron chi connectivity index (χ3n) is 3.89. The zero-order valence-electron chi connectivity index (χ0n) is 11.5. The van der Waals surface area contributed by atoms with Crippen LogP contribution in [-0.2, 0) is 9.53 Å². The first-order valence-corrected chi connectivity index (χ1v) is 7.80. The maximum Gasteiger partial charge on any atom is 0.229 e. The Morgan fingerprint density at radius 2 is 2.48 bits per heavy atom. The highest BCUT2D eigenvalue weighted by molar-refractivity contribution is 7.15. The van der Waals surface area contributed by atoms with Gasteiger partial charge in [-0.15, -0.1) is 0 Å². The minimum absolute atomic E-state index is 0.00577. The summed E-state index contributed by atoms with van der Waals surface area (Å²) < 4.78 is 5.27. The summed E-state index contributed by atoms with van der Waals surface area (Å²) in [6.07, 6.45) is 6.09. The molecular weight excluding hydrogens is 290 g/mol. The summed E-state index contributed by atoms with van der Waals surface area (Å²) in [6, 6.07) is 0.293. The van der Waals surface area contributed by atoms with Gasteiger partial charge >= 0.3 is 0 Å². The van der Waals surface area contributed by atoms with Gasteiger partial charge in [0.15, 0.2) is 11.3 Å². The Morgan fingerprint density at radius 1 is 1.57 bits per heavy atom. The largest absolute Gasteiger partial charge is 0.364 e. The molecule has 2 fully saturated rings. The molecule has 1 aliphatic heterocycles. The van der Waals surface area contributed by atoms with Crippen LogP contribution >= 0.6 is 11.3 Å². The molecule has 1 aromatic rings. The van der Waals surface area contributed by atoms with Gasteiger partial charge < -0.3 is 15.4 Å². The molecule has 0 bridgehead atoms. The first-order chi connectivity index (χ1) is 10.3. The summed E-state index contributed by atoms with van der Waals surface area (Å²) >= 11 is 1.47. The quantitative estimate of drug-likeness (QED) is 0.565. The highest BCUT2D eigenvalue weighted by Crippen LogP contribution is 2.29. The minimum atomic E-state index is -0.0452. The molecule has 1 amide bonds. The number of nitrogens with zero attached hydrogens (tertiary/aromatic N) is 2. The molecule has 8 heteroatoms. The number of hydrogen-bond donors (Lipinski definition) is 3. The number of thiazole rings is 1. The fraction of sp³-hybridized carbons (Fsp3) is 0.615. The Bertz CT molecular complexity index is 549. The zero-order chi connectivity index (χ0) is 14.7. The number of hydrogen-bond acceptors (Lipinski definition) is 7. The van der Waals surface area contributed by atoms with Gasteiger partial charge in [0.1, 0.15) is 0 Å². The Hall–Kier alpha value is -1.69. The molecule has 112 valence electrons. The third kappa shape index (κ3) is 3.32. The highest BCUT2D eigenvalue weighted by Gasteiger charge is 2.30. The van der Waals surface area contributed by atoms with E-state index in [1.54, 1.807) is 6.20 Å². The molecule has 3 N–H and O–H groups in total. The number of nitrogens with one attached hydrogen (secondary N) is 3. The molecule has 3 unspecified atom stereocenters. The zero-order valence-corrected chi connectivity index (χ0v) is 12.3. The van der Waals surface area contributed by atoms with Crippen LogP contribution in [0.2, 0.25) is 0 Å².